The summed E-state index contributed by atoms with van der Waals surface area (Å²) in [5.74, 6) is -2.32. The van der Waals surface area contributed by atoms with E-state index in [1.165, 1.54) is 19.2 Å². The Bertz CT molecular complexity index is 734. The van der Waals surface area contributed by atoms with Gasteiger partial charge in [0.15, 0.2) is 0 Å². The van der Waals surface area contributed by atoms with Crippen LogP contribution in [0.3, 0.4) is 0 Å². The summed E-state index contributed by atoms with van der Waals surface area (Å²) in [4.78, 5) is 25.1. The van der Waals surface area contributed by atoms with Crippen molar-refractivity contribution in [2.45, 2.75) is 31.3 Å². The minimum absolute atomic E-state index is 0.0198. The van der Waals surface area contributed by atoms with Gasteiger partial charge in [-0.15, -0.1) is 0 Å². The summed E-state index contributed by atoms with van der Waals surface area (Å²) < 4.78 is 10.4. The van der Waals surface area contributed by atoms with E-state index in [1.807, 2.05) is 4.90 Å². The fraction of sp³-hybridized carbons (Fsp3) is 0.529. The topological polar surface area (TPSA) is 163 Å². The Morgan fingerprint density at radius 2 is 2.00 bits per heavy atom. The van der Waals surface area contributed by atoms with Crippen molar-refractivity contribution in [3.8, 4) is 11.5 Å². The zero-order chi connectivity index (χ0) is 21.1. The van der Waals surface area contributed by atoms with E-state index in [2.05, 4.69) is 4.74 Å². The molecule has 1 unspecified atom stereocenters. The highest BCUT2D eigenvalue weighted by atomic mass is 16.5. The van der Waals surface area contributed by atoms with E-state index in [0.29, 0.717) is 13.1 Å². The van der Waals surface area contributed by atoms with Gasteiger partial charge in [-0.2, -0.15) is 0 Å². The molecular weight excluding hydrogens is 371 g/mol. The van der Waals surface area contributed by atoms with Gasteiger partial charge in [0.25, 0.3) is 0 Å². The predicted octanol–water partition coefficient (Wildman–Crippen LogP) is -0.941. The van der Waals surface area contributed by atoms with Gasteiger partial charge in [0.1, 0.15) is 28.7 Å². The van der Waals surface area contributed by atoms with Crippen molar-refractivity contribution < 1.29 is 39.3 Å². The van der Waals surface area contributed by atoms with E-state index in [1.54, 1.807) is 6.92 Å². The number of ether oxygens (including phenoxy) is 2. The van der Waals surface area contributed by atoms with Crippen LogP contribution in [0.4, 0.5) is 0 Å². The second-order valence-corrected chi connectivity index (χ2v) is 7.11. The number of phenols is 1. The first-order valence-electron chi connectivity index (χ1n) is 8.75. The number of benzene rings is 1. The number of aryl methyl sites for hydroxylation is 1. The Balaban J connectivity index is 2.02. The van der Waals surface area contributed by atoms with Crippen molar-refractivity contribution in [1.29, 1.82) is 0 Å². The van der Waals surface area contributed by atoms with Gasteiger partial charge >= 0.3 is 19.1 Å². The molecular formula is C17H25BN2O8. The second kappa shape index (κ2) is 8.78. The number of carbonyl (C=O) groups is 2. The molecule has 6 N–H and O–H groups in total. The molecule has 11 heteroatoms. The molecule has 2 rings (SSSR count). The van der Waals surface area contributed by atoms with Crippen LogP contribution in [-0.4, -0.2) is 82.6 Å². The molecule has 0 amide bonds. The number of aromatic carboxylic acids is 1. The minimum Gasteiger partial charge on any atom is -0.507 e. The number of rotatable bonds is 9. The van der Waals surface area contributed by atoms with Gasteiger partial charge in [-0.25, -0.2) is 4.79 Å². The third kappa shape index (κ3) is 5.13. The Morgan fingerprint density at radius 3 is 2.54 bits per heavy atom. The third-order valence-electron chi connectivity index (χ3n) is 4.53. The van der Waals surface area contributed by atoms with E-state index in [0.717, 1.165) is 0 Å². The molecule has 0 radical (unpaired) electrons. The molecule has 0 aromatic heterocycles. The first kappa shape index (κ1) is 22.0. The van der Waals surface area contributed by atoms with Gasteiger partial charge in [-0.05, 0) is 31.3 Å². The number of likely N-dealkylation sites (tertiary alicyclic amines) is 1. The molecule has 1 aromatic carbocycles. The molecule has 1 atom stereocenters. The number of nitrogens with zero attached hydrogens (tertiary/aromatic N) is 1. The van der Waals surface area contributed by atoms with Crippen molar-refractivity contribution in [2.75, 3.05) is 26.7 Å². The lowest BCUT2D eigenvalue weighted by Crippen LogP contribution is -2.62. The van der Waals surface area contributed by atoms with E-state index >= 15 is 0 Å². The van der Waals surface area contributed by atoms with E-state index in [-0.39, 0.29) is 42.3 Å². The van der Waals surface area contributed by atoms with Crippen molar-refractivity contribution in [3.63, 3.8) is 0 Å². The highest BCUT2D eigenvalue weighted by Gasteiger charge is 2.38. The van der Waals surface area contributed by atoms with Crippen LogP contribution in [-0.2, 0) is 16.0 Å². The smallest absolute Gasteiger partial charge is 0.451 e. The zero-order valence-electron chi connectivity index (χ0n) is 15.8. The molecule has 1 saturated heterocycles. The fourth-order valence-corrected chi connectivity index (χ4v) is 3.07. The van der Waals surface area contributed by atoms with Gasteiger partial charge in [0.05, 0.1) is 7.11 Å². The highest BCUT2D eigenvalue weighted by molar-refractivity contribution is 6.41. The van der Waals surface area contributed by atoms with Crippen LogP contribution in [0.15, 0.2) is 12.1 Å². The molecule has 0 bridgehead atoms. The molecule has 1 aliphatic heterocycles. The van der Waals surface area contributed by atoms with Crippen LogP contribution in [0.1, 0.15) is 22.8 Å². The average molecular weight is 396 g/mol. The monoisotopic (exact) mass is 396 g/mol. The summed E-state index contributed by atoms with van der Waals surface area (Å²) in [6, 6.07) is 2.93. The molecule has 28 heavy (non-hydrogen) atoms. The number of hydrogen-bond donors (Lipinski definition) is 5. The lowest BCUT2D eigenvalue weighted by molar-refractivity contribution is -0.148. The molecule has 1 aliphatic rings. The molecule has 0 saturated carbocycles. The third-order valence-corrected chi connectivity index (χ3v) is 4.53. The van der Waals surface area contributed by atoms with Crippen LogP contribution in [0.2, 0.25) is 6.32 Å². The normalized spacial score (nSPS) is 16.8. The number of carboxylic acids is 1. The first-order valence-corrected chi connectivity index (χ1v) is 8.75. The van der Waals surface area contributed by atoms with E-state index in [4.69, 9.17) is 20.5 Å². The summed E-state index contributed by atoms with van der Waals surface area (Å²) >= 11 is 0. The molecule has 1 aromatic rings. The van der Waals surface area contributed by atoms with Crippen LogP contribution >= 0.6 is 0 Å². The molecule has 0 spiro atoms. The number of aromatic hydroxyl groups is 1. The Morgan fingerprint density at radius 1 is 1.36 bits per heavy atom. The van der Waals surface area contributed by atoms with Gasteiger partial charge in [0.2, 0.25) is 0 Å². The summed E-state index contributed by atoms with van der Waals surface area (Å²) in [5.41, 5.74) is 4.67. The van der Waals surface area contributed by atoms with Crippen LogP contribution in [0.25, 0.3) is 0 Å². The molecule has 1 fully saturated rings. The maximum absolute atomic E-state index is 11.6. The summed E-state index contributed by atoms with van der Waals surface area (Å²) in [5, 5.41) is 37.6. The fourth-order valence-electron chi connectivity index (χ4n) is 3.07. The standard InChI is InChI=1S/C17H25BN2O8/c1-17(19,16(24)27-2)9-20-7-11(8-20)28-12-4-3-10(5-6-18(25)26)14(21)13(12)15(22)23/h3-4,11,21,25-26H,5-9,19H2,1-2H3,(H,22,23). The number of carboxylic acid groups (broad SMARTS) is 1. The number of hydrogen-bond acceptors (Lipinski definition) is 9. The van der Waals surface area contributed by atoms with Crippen LogP contribution in [0.5, 0.6) is 11.5 Å². The van der Waals surface area contributed by atoms with E-state index in [9.17, 15) is 19.8 Å². The van der Waals surface area contributed by atoms with Gasteiger partial charge < -0.3 is 35.5 Å². The average Bonchev–Trinajstić information content (AvgIpc) is 2.57. The maximum Gasteiger partial charge on any atom is 0.451 e. The van der Waals surface area contributed by atoms with Crippen LogP contribution < -0.4 is 10.5 Å². The molecule has 0 aliphatic carbocycles. The number of nitrogens with two attached hydrogens (primary N) is 1. The number of methoxy groups -OCH3 is 1. The Labute approximate surface area is 162 Å². The molecule has 10 nitrogen and oxygen atoms in total. The maximum atomic E-state index is 11.6. The van der Waals surface area contributed by atoms with Gasteiger partial charge in [0, 0.05) is 19.6 Å². The zero-order valence-corrected chi connectivity index (χ0v) is 15.8. The summed E-state index contributed by atoms with van der Waals surface area (Å²) in [7, 11) is -0.289. The predicted molar refractivity (Wildman–Crippen MR) is 99.2 cm³/mol. The largest absolute Gasteiger partial charge is 0.507 e. The van der Waals surface area contributed by atoms with Crippen LogP contribution in [0, 0.1) is 0 Å². The van der Waals surface area contributed by atoms with E-state index < -0.39 is 30.3 Å². The van der Waals surface area contributed by atoms with Crippen molar-refractivity contribution in [1.82, 2.24) is 4.90 Å². The molecule has 1 heterocycles. The molecule has 154 valence electrons. The van der Waals surface area contributed by atoms with Crippen molar-refractivity contribution in [3.05, 3.63) is 23.3 Å². The number of carbonyl (C=O) groups excluding carboxylic acids is 1. The summed E-state index contributed by atoms with van der Waals surface area (Å²) in [6.07, 6.45) is -0.261. The SMILES string of the molecule is COC(=O)C(C)(N)CN1CC(Oc2ccc(CCB(O)O)c(O)c2C(=O)O)C1. The first-order chi connectivity index (χ1) is 13.0. The van der Waals surface area contributed by atoms with Gasteiger partial charge in [-0.1, -0.05) is 6.07 Å². The highest BCUT2D eigenvalue weighted by Crippen LogP contribution is 2.34. The Hall–Kier alpha value is -2.34. The lowest BCUT2D eigenvalue weighted by Gasteiger charge is -2.42. The number of esters is 1. The lowest BCUT2D eigenvalue weighted by atomic mass is 9.82. The second-order valence-electron chi connectivity index (χ2n) is 7.11. The van der Waals surface area contributed by atoms with Gasteiger partial charge in [-0.3, -0.25) is 9.69 Å². The Kier molecular flexibility index (Phi) is 6.89. The quantitative estimate of drug-likeness (QED) is 0.260. The minimum atomic E-state index is -1.55. The summed E-state index contributed by atoms with van der Waals surface area (Å²) in [6.45, 7) is 2.69. The van der Waals surface area contributed by atoms with Crippen molar-refractivity contribution >= 4 is 19.1 Å². The van der Waals surface area contributed by atoms with Crippen molar-refractivity contribution in [2.24, 2.45) is 5.73 Å².